The van der Waals surface area contributed by atoms with Crippen molar-refractivity contribution in [3.05, 3.63) is 0 Å². The summed E-state index contributed by atoms with van der Waals surface area (Å²) in [6.45, 7) is 0.553. The Morgan fingerprint density at radius 3 is 2.15 bits per heavy atom. The number of carboxylic acids is 2. The van der Waals surface area contributed by atoms with Gasteiger partial charge >= 0.3 is 18.0 Å². The first-order valence-electron chi connectivity index (χ1n) is 6.10. The molecule has 0 aromatic carbocycles. The van der Waals surface area contributed by atoms with E-state index in [2.05, 4.69) is 5.32 Å². The second-order valence-electron chi connectivity index (χ2n) is 4.60. The van der Waals surface area contributed by atoms with E-state index >= 15 is 0 Å². The summed E-state index contributed by atoms with van der Waals surface area (Å²) < 4.78 is 0. The summed E-state index contributed by atoms with van der Waals surface area (Å²) >= 11 is 0. The number of rotatable bonds is 5. The molecule has 112 valence electrons. The van der Waals surface area contributed by atoms with Crippen molar-refractivity contribution in [3.8, 4) is 0 Å². The first-order chi connectivity index (χ1) is 9.31. The molecular weight excluding hydrogens is 270 g/mol. The maximum atomic E-state index is 11.8. The molecule has 1 saturated heterocycles. The Hall–Kier alpha value is -2.32. The van der Waals surface area contributed by atoms with Crippen LogP contribution in [-0.4, -0.2) is 58.1 Å². The number of nitrogens with one attached hydrogen (secondary N) is 1. The van der Waals surface area contributed by atoms with E-state index in [1.54, 1.807) is 0 Å². The Bertz CT molecular complexity index is 416. The predicted octanol–water partition coefficient (Wildman–Crippen LogP) is -1.18. The van der Waals surface area contributed by atoms with Crippen LogP contribution in [0.15, 0.2) is 0 Å². The normalized spacial score (nSPS) is 17.3. The molecule has 1 aliphatic rings. The van der Waals surface area contributed by atoms with Crippen LogP contribution in [0.2, 0.25) is 0 Å². The van der Waals surface area contributed by atoms with Crippen molar-refractivity contribution in [3.63, 3.8) is 0 Å². The minimum Gasteiger partial charge on any atom is -0.481 e. The van der Waals surface area contributed by atoms with Crippen LogP contribution < -0.4 is 11.1 Å². The molecule has 0 bridgehead atoms. The topological polar surface area (TPSA) is 150 Å². The molecule has 1 heterocycles. The van der Waals surface area contributed by atoms with E-state index in [0.717, 1.165) is 0 Å². The summed E-state index contributed by atoms with van der Waals surface area (Å²) in [5, 5.41) is 19.6. The number of carboxylic acid groups (broad SMARTS) is 2. The van der Waals surface area contributed by atoms with Gasteiger partial charge in [0.15, 0.2) is 0 Å². The molecule has 0 saturated carbocycles. The highest BCUT2D eigenvalue weighted by molar-refractivity contribution is 5.86. The summed E-state index contributed by atoms with van der Waals surface area (Å²) in [5.41, 5.74) is 5.16. The highest BCUT2D eigenvalue weighted by Gasteiger charge is 2.29. The summed E-state index contributed by atoms with van der Waals surface area (Å²) in [4.78, 5) is 45.5. The Morgan fingerprint density at radius 1 is 1.20 bits per heavy atom. The van der Waals surface area contributed by atoms with Gasteiger partial charge in [0.2, 0.25) is 5.91 Å². The van der Waals surface area contributed by atoms with Crippen LogP contribution in [0.4, 0.5) is 4.79 Å². The largest absolute Gasteiger partial charge is 0.481 e. The number of carbonyl (C=O) groups is 4. The van der Waals surface area contributed by atoms with Crippen molar-refractivity contribution in [1.82, 2.24) is 10.2 Å². The Morgan fingerprint density at radius 2 is 1.75 bits per heavy atom. The van der Waals surface area contributed by atoms with Crippen molar-refractivity contribution in [2.24, 2.45) is 11.7 Å². The minimum atomic E-state index is -1.48. The molecule has 0 spiro atoms. The van der Waals surface area contributed by atoms with E-state index in [1.165, 1.54) is 4.90 Å². The van der Waals surface area contributed by atoms with Crippen molar-refractivity contribution >= 4 is 23.9 Å². The molecule has 1 rings (SSSR count). The van der Waals surface area contributed by atoms with Gasteiger partial charge in [-0.1, -0.05) is 0 Å². The third kappa shape index (κ3) is 4.41. The number of likely N-dealkylation sites (tertiary alicyclic amines) is 1. The number of piperidine rings is 1. The Balaban J connectivity index is 2.52. The number of hydrogen-bond acceptors (Lipinski definition) is 4. The number of hydrogen-bond donors (Lipinski definition) is 4. The summed E-state index contributed by atoms with van der Waals surface area (Å²) in [6.07, 6.45) is 0.137. The molecular formula is C11H17N3O6. The number of nitrogens with two attached hydrogens (primary N) is 1. The third-order valence-electron chi connectivity index (χ3n) is 3.16. The molecule has 0 aromatic heterocycles. The van der Waals surface area contributed by atoms with Gasteiger partial charge in [0.05, 0.1) is 6.42 Å². The lowest BCUT2D eigenvalue weighted by Gasteiger charge is -2.31. The van der Waals surface area contributed by atoms with Gasteiger partial charge in [0.25, 0.3) is 0 Å². The number of primary amides is 1. The lowest BCUT2D eigenvalue weighted by molar-refractivity contribution is -0.145. The number of carbonyl (C=O) groups excluding carboxylic acids is 2. The standard InChI is InChI=1S/C11H17N3O6/c12-9(17)6-1-3-14(4-2-6)11(20)13-7(10(18)19)5-8(15)16/h6-7H,1-5H2,(H2,12,17)(H,13,20)(H,15,16)(H,18,19). The lowest BCUT2D eigenvalue weighted by atomic mass is 9.96. The molecule has 5 N–H and O–H groups in total. The van der Waals surface area contributed by atoms with Crippen LogP contribution in [0.5, 0.6) is 0 Å². The smallest absolute Gasteiger partial charge is 0.326 e. The minimum absolute atomic E-state index is 0.277. The zero-order valence-corrected chi connectivity index (χ0v) is 10.7. The molecule has 0 aliphatic carbocycles. The van der Waals surface area contributed by atoms with Crippen LogP contribution in [0, 0.1) is 5.92 Å². The fraction of sp³-hybridized carbons (Fsp3) is 0.636. The maximum Gasteiger partial charge on any atom is 0.326 e. The van der Waals surface area contributed by atoms with Crippen LogP contribution in [0.25, 0.3) is 0 Å². The highest BCUT2D eigenvalue weighted by atomic mass is 16.4. The average Bonchev–Trinajstić information content (AvgIpc) is 2.37. The number of urea groups is 1. The van der Waals surface area contributed by atoms with Gasteiger partial charge in [-0.3, -0.25) is 9.59 Å². The fourth-order valence-electron chi connectivity index (χ4n) is 1.98. The molecule has 0 aromatic rings. The van der Waals surface area contributed by atoms with E-state index in [0.29, 0.717) is 12.8 Å². The molecule has 20 heavy (non-hydrogen) atoms. The van der Waals surface area contributed by atoms with Crippen LogP contribution in [0.3, 0.4) is 0 Å². The van der Waals surface area contributed by atoms with Gasteiger partial charge in [0.1, 0.15) is 6.04 Å². The Kier molecular flexibility index (Phi) is 5.30. The number of nitrogens with zero attached hydrogens (tertiary/aromatic N) is 1. The SMILES string of the molecule is NC(=O)C1CCN(C(=O)NC(CC(=O)O)C(=O)O)CC1. The molecule has 1 aliphatic heterocycles. The summed E-state index contributed by atoms with van der Waals surface area (Å²) in [6, 6.07) is -2.13. The molecule has 0 radical (unpaired) electrons. The van der Waals surface area contributed by atoms with Crippen molar-refractivity contribution in [2.75, 3.05) is 13.1 Å². The quantitative estimate of drug-likeness (QED) is 0.500. The second-order valence-corrected chi connectivity index (χ2v) is 4.60. The maximum absolute atomic E-state index is 11.8. The molecule has 9 nitrogen and oxygen atoms in total. The van der Waals surface area contributed by atoms with E-state index < -0.39 is 36.3 Å². The number of amides is 3. The second kappa shape index (κ2) is 6.73. The van der Waals surface area contributed by atoms with Crippen molar-refractivity contribution in [1.29, 1.82) is 0 Å². The monoisotopic (exact) mass is 287 g/mol. The Labute approximate surface area is 114 Å². The van der Waals surface area contributed by atoms with Gasteiger partial charge in [-0.05, 0) is 12.8 Å². The molecule has 1 unspecified atom stereocenters. The van der Waals surface area contributed by atoms with Crippen LogP contribution >= 0.6 is 0 Å². The van der Waals surface area contributed by atoms with E-state index in [1.807, 2.05) is 0 Å². The first-order valence-corrected chi connectivity index (χ1v) is 6.10. The van der Waals surface area contributed by atoms with Gasteiger partial charge in [-0.25, -0.2) is 9.59 Å². The zero-order valence-electron chi connectivity index (χ0n) is 10.7. The molecule has 1 atom stereocenters. The average molecular weight is 287 g/mol. The number of aliphatic carboxylic acids is 2. The lowest BCUT2D eigenvalue weighted by Crippen LogP contribution is -2.51. The van der Waals surface area contributed by atoms with Gasteiger partial charge < -0.3 is 26.2 Å². The van der Waals surface area contributed by atoms with E-state index in [-0.39, 0.29) is 19.0 Å². The van der Waals surface area contributed by atoms with Gasteiger partial charge in [0, 0.05) is 19.0 Å². The molecule has 1 fully saturated rings. The van der Waals surface area contributed by atoms with Crippen molar-refractivity contribution < 1.29 is 29.4 Å². The molecule has 3 amide bonds. The highest BCUT2D eigenvalue weighted by Crippen LogP contribution is 2.16. The van der Waals surface area contributed by atoms with E-state index in [9.17, 15) is 19.2 Å². The van der Waals surface area contributed by atoms with Gasteiger partial charge in [-0.15, -0.1) is 0 Å². The van der Waals surface area contributed by atoms with Crippen LogP contribution in [0.1, 0.15) is 19.3 Å². The van der Waals surface area contributed by atoms with Crippen molar-refractivity contribution in [2.45, 2.75) is 25.3 Å². The van der Waals surface area contributed by atoms with E-state index in [4.69, 9.17) is 15.9 Å². The third-order valence-corrected chi connectivity index (χ3v) is 3.16. The molecule has 9 heteroatoms. The predicted molar refractivity (Wildman–Crippen MR) is 65.7 cm³/mol. The van der Waals surface area contributed by atoms with Gasteiger partial charge in [-0.2, -0.15) is 0 Å². The fourth-order valence-corrected chi connectivity index (χ4v) is 1.98. The summed E-state index contributed by atoms with van der Waals surface area (Å²) in [7, 11) is 0. The first kappa shape index (κ1) is 15.7. The van der Waals surface area contributed by atoms with Crippen LogP contribution in [-0.2, 0) is 14.4 Å². The summed E-state index contributed by atoms with van der Waals surface area (Å²) in [5.74, 6) is -3.43. The zero-order chi connectivity index (χ0) is 15.3.